The number of piperazine rings is 1. The topological polar surface area (TPSA) is 62.5 Å². The second-order valence-electron chi connectivity index (χ2n) is 6.83. The van der Waals surface area contributed by atoms with Crippen LogP contribution in [0.3, 0.4) is 0 Å². The van der Waals surface area contributed by atoms with Gasteiger partial charge in [-0.25, -0.2) is 0 Å². The number of amides is 1. The molecule has 1 aliphatic rings. The van der Waals surface area contributed by atoms with Gasteiger partial charge in [-0.15, -0.1) is 0 Å². The van der Waals surface area contributed by atoms with Crippen LogP contribution < -0.4 is 0 Å². The Balaban J connectivity index is 1.47. The van der Waals surface area contributed by atoms with E-state index in [1.54, 1.807) is 0 Å². The van der Waals surface area contributed by atoms with Gasteiger partial charge in [0, 0.05) is 43.3 Å². The van der Waals surface area contributed by atoms with Gasteiger partial charge in [-0.05, 0) is 26.0 Å². The largest absolute Gasteiger partial charge is 0.360 e. The van der Waals surface area contributed by atoms with Crippen LogP contribution in [0.1, 0.15) is 27.5 Å². The van der Waals surface area contributed by atoms with Gasteiger partial charge in [0.25, 0.3) is 5.91 Å². The number of aryl methyl sites for hydroxylation is 2. The highest BCUT2D eigenvalue weighted by Crippen LogP contribution is 2.21. The highest BCUT2D eigenvalue weighted by atomic mass is 16.5. The lowest BCUT2D eigenvalue weighted by molar-refractivity contribution is 0.0619. The Morgan fingerprint density at radius 2 is 1.85 bits per heavy atom. The van der Waals surface area contributed by atoms with Gasteiger partial charge in [-0.1, -0.05) is 23.4 Å². The monoisotopic (exact) mass is 350 g/mol. The van der Waals surface area contributed by atoms with Crippen LogP contribution in [-0.4, -0.2) is 52.0 Å². The van der Waals surface area contributed by atoms with E-state index in [2.05, 4.69) is 15.0 Å². The van der Waals surface area contributed by atoms with Crippen molar-refractivity contribution in [3.05, 3.63) is 59.1 Å². The fraction of sp³-hybridized carbons (Fsp3) is 0.350. The van der Waals surface area contributed by atoms with Crippen LogP contribution in [0.15, 0.2) is 40.9 Å². The average Bonchev–Trinajstić information content (AvgIpc) is 3.06. The van der Waals surface area contributed by atoms with E-state index >= 15 is 0 Å². The molecule has 0 radical (unpaired) electrons. The number of hydrogen-bond donors (Lipinski definition) is 0. The molecule has 3 aromatic rings. The number of hydrogen-bond acceptors (Lipinski definition) is 5. The Hall–Kier alpha value is -2.73. The minimum Gasteiger partial charge on any atom is -0.360 e. The van der Waals surface area contributed by atoms with E-state index in [0.717, 1.165) is 53.2 Å². The number of benzene rings is 1. The quantitative estimate of drug-likeness (QED) is 0.727. The summed E-state index contributed by atoms with van der Waals surface area (Å²) in [5, 5.41) is 4.85. The minimum absolute atomic E-state index is 0.0851. The number of pyridine rings is 1. The molecule has 1 aromatic carbocycles. The van der Waals surface area contributed by atoms with Gasteiger partial charge in [0.15, 0.2) is 5.76 Å². The highest BCUT2D eigenvalue weighted by Gasteiger charge is 2.24. The predicted octanol–water partition coefficient (Wildman–Crippen LogP) is 2.80. The summed E-state index contributed by atoms with van der Waals surface area (Å²) in [5.74, 6) is 0.958. The molecule has 0 N–H and O–H groups in total. The highest BCUT2D eigenvalue weighted by molar-refractivity contribution is 6.06. The van der Waals surface area contributed by atoms with Crippen LogP contribution >= 0.6 is 0 Å². The lowest BCUT2D eigenvalue weighted by Crippen LogP contribution is -2.48. The molecule has 2 aromatic heterocycles. The van der Waals surface area contributed by atoms with Crippen LogP contribution in [0.2, 0.25) is 0 Å². The van der Waals surface area contributed by atoms with Crippen molar-refractivity contribution in [2.45, 2.75) is 20.4 Å². The third kappa shape index (κ3) is 3.32. The smallest absolute Gasteiger partial charge is 0.254 e. The molecule has 6 nitrogen and oxygen atoms in total. The Kier molecular flexibility index (Phi) is 4.42. The second-order valence-corrected chi connectivity index (χ2v) is 6.83. The molecular weight excluding hydrogens is 328 g/mol. The van der Waals surface area contributed by atoms with E-state index in [4.69, 9.17) is 4.52 Å². The summed E-state index contributed by atoms with van der Waals surface area (Å²) in [6.45, 7) is 7.66. The fourth-order valence-electron chi connectivity index (χ4n) is 3.48. The van der Waals surface area contributed by atoms with Crippen LogP contribution in [0.4, 0.5) is 0 Å². The van der Waals surface area contributed by atoms with Gasteiger partial charge in [0.1, 0.15) is 0 Å². The molecule has 4 rings (SSSR count). The lowest BCUT2D eigenvalue weighted by atomic mass is 10.1. The third-order valence-corrected chi connectivity index (χ3v) is 4.79. The summed E-state index contributed by atoms with van der Waals surface area (Å²) in [7, 11) is 0. The Labute approximate surface area is 152 Å². The number of nitrogens with zero attached hydrogens (tertiary/aromatic N) is 4. The van der Waals surface area contributed by atoms with Crippen molar-refractivity contribution >= 4 is 16.8 Å². The van der Waals surface area contributed by atoms with Crippen LogP contribution in [0, 0.1) is 13.8 Å². The average molecular weight is 350 g/mol. The number of fused-ring (bicyclic) bond motifs is 1. The normalized spacial score (nSPS) is 15.5. The molecule has 0 bridgehead atoms. The van der Waals surface area contributed by atoms with E-state index in [9.17, 15) is 4.79 Å². The zero-order valence-corrected chi connectivity index (χ0v) is 15.1. The number of carbonyl (C=O) groups is 1. The molecule has 1 fully saturated rings. The van der Waals surface area contributed by atoms with E-state index in [1.165, 1.54) is 0 Å². The second kappa shape index (κ2) is 6.88. The van der Waals surface area contributed by atoms with Gasteiger partial charge in [-0.2, -0.15) is 0 Å². The molecule has 0 spiro atoms. The molecule has 134 valence electrons. The molecule has 0 aliphatic carbocycles. The SMILES string of the molecule is Cc1cc(CN2CCN(C(=O)c3cc(C)nc4ccccc34)CC2)on1. The maximum absolute atomic E-state index is 13.1. The summed E-state index contributed by atoms with van der Waals surface area (Å²) in [4.78, 5) is 21.8. The van der Waals surface area contributed by atoms with E-state index in [1.807, 2.05) is 55.1 Å². The first-order valence-corrected chi connectivity index (χ1v) is 8.90. The van der Waals surface area contributed by atoms with E-state index in [-0.39, 0.29) is 5.91 Å². The molecule has 26 heavy (non-hydrogen) atoms. The van der Waals surface area contributed by atoms with Gasteiger partial charge in [-0.3, -0.25) is 14.7 Å². The minimum atomic E-state index is 0.0851. The maximum Gasteiger partial charge on any atom is 0.254 e. The molecule has 1 aliphatic heterocycles. The molecule has 1 amide bonds. The molecule has 6 heteroatoms. The first kappa shape index (κ1) is 16.7. The van der Waals surface area contributed by atoms with Crippen LogP contribution in [0.5, 0.6) is 0 Å². The Bertz CT molecular complexity index is 942. The molecular formula is C20H22N4O2. The first-order chi connectivity index (χ1) is 12.6. The van der Waals surface area contributed by atoms with Crippen molar-refractivity contribution in [1.82, 2.24) is 19.9 Å². The molecule has 0 atom stereocenters. The van der Waals surface area contributed by atoms with Crippen molar-refractivity contribution in [2.24, 2.45) is 0 Å². The van der Waals surface area contributed by atoms with Gasteiger partial charge < -0.3 is 9.42 Å². The molecule has 0 saturated carbocycles. The first-order valence-electron chi connectivity index (χ1n) is 8.90. The van der Waals surface area contributed by atoms with Gasteiger partial charge >= 0.3 is 0 Å². The maximum atomic E-state index is 13.1. The summed E-state index contributed by atoms with van der Waals surface area (Å²) < 4.78 is 5.29. The van der Waals surface area contributed by atoms with Crippen LogP contribution in [-0.2, 0) is 6.54 Å². The summed E-state index contributed by atoms with van der Waals surface area (Å²) >= 11 is 0. The van der Waals surface area contributed by atoms with Crippen LogP contribution in [0.25, 0.3) is 10.9 Å². The summed E-state index contributed by atoms with van der Waals surface area (Å²) in [5.41, 5.74) is 3.38. The lowest BCUT2D eigenvalue weighted by Gasteiger charge is -2.34. The van der Waals surface area contributed by atoms with E-state index in [0.29, 0.717) is 13.1 Å². The van der Waals surface area contributed by atoms with Gasteiger partial charge in [0.2, 0.25) is 0 Å². The van der Waals surface area contributed by atoms with Crippen molar-refractivity contribution in [1.29, 1.82) is 0 Å². The number of rotatable bonds is 3. The van der Waals surface area contributed by atoms with Gasteiger partial charge in [0.05, 0.1) is 23.3 Å². The Morgan fingerprint density at radius 3 is 2.58 bits per heavy atom. The number of carbonyl (C=O) groups excluding carboxylic acids is 1. The molecule has 0 unspecified atom stereocenters. The third-order valence-electron chi connectivity index (χ3n) is 4.79. The fourth-order valence-corrected chi connectivity index (χ4v) is 3.48. The van der Waals surface area contributed by atoms with Crippen molar-refractivity contribution < 1.29 is 9.32 Å². The zero-order valence-electron chi connectivity index (χ0n) is 15.1. The molecule has 3 heterocycles. The Morgan fingerprint density at radius 1 is 1.08 bits per heavy atom. The zero-order chi connectivity index (χ0) is 18.1. The number of aromatic nitrogens is 2. The predicted molar refractivity (Wildman–Crippen MR) is 98.9 cm³/mol. The van der Waals surface area contributed by atoms with Crippen molar-refractivity contribution in [3.63, 3.8) is 0 Å². The number of para-hydroxylation sites is 1. The standard InChI is InChI=1S/C20H22N4O2/c1-14-12-18(17-5-3-4-6-19(17)21-14)20(25)24-9-7-23(8-10-24)13-16-11-15(2)22-26-16/h3-6,11-12H,7-10,13H2,1-2H3. The van der Waals surface area contributed by atoms with Crippen molar-refractivity contribution in [3.8, 4) is 0 Å². The summed E-state index contributed by atoms with van der Waals surface area (Å²) in [6.07, 6.45) is 0. The van der Waals surface area contributed by atoms with E-state index < -0.39 is 0 Å². The molecule has 1 saturated heterocycles. The van der Waals surface area contributed by atoms with Crippen molar-refractivity contribution in [2.75, 3.05) is 26.2 Å². The summed E-state index contributed by atoms with van der Waals surface area (Å²) in [6, 6.07) is 11.7.